The molecule has 2 amide bonds. The van der Waals surface area contributed by atoms with Crippen molar-refractivity contribution in [2.24, 2.45) is 0 Å². The van der Waals surface area contributed by atoms with Gasteiger partial charge in [-0.15, -0.1) is 10.2 Å². The molecule has 1 aliphatic heterocycles. The minimum absolute atomic E-state index is 0.0553. The Bertz CT molecular complexity index is 1420. The molecule has 9 nitrogen and oxygen atoms in total. The van der Waals surface area contributed by atoms with Gasteiger partial charge in [-0.2, -0.15) is 0 Å². The Hall–Kier alpha value is -4.02. The number of ether oxygens (including phenoxy) is 2. The highest BCUT2D eigenvalue weighted by Gasteiger charge is 2.49. The second kappa shape index (κ2) is 11.5. The molecular weight excluding hydrogens is 532 g/mol. The van der Waals surface area contributed by atoms with Crippen LogP contribution in [0, 0.1) is 11.6 Å². The van der Waals surface area contributed by atoms with Gasteiger partial charge in [0.1, 0.15) is 30.4 Å². The third kappa shape index (κ3) is 6.49. The second-order valence-electron chi connectivity index (χ2n) is 11.5. The number of fused-ring (bicyclic) bond motifs is 1. The largest absolute Gasteiger partial charge is 0.486 e. The van der Waals surface area contributed by atoms with Crippen LogP contribution in [0.5, 0.6) is 5.75 Å². The van der Waals surface area contributed by atoms with Gasteiger partial charge in [0.25, 0.3) is 0 Å². The lowest BCUT2D eigenvalue weighted by Crippen LogP contribution is -2.48. The highest BCUT2D eigenvalue weighted by Crippen LogP contribution is 2.49. The average Bonchev–Trinajstić information content (AvgIpc) is 3.60. The van der Waals surface area contributed by atoms with E-state index in [9.17, 15) is 18.4 Å². The lowest BCUT2D eigenvalue weighted by molar-refractivity contribution is -0.134. The number of hydrogen-bond acceptors (Lipinski definition) is 6. The van der Waals surface area contributed by atoms with Crippen molar-refractivity contribution in [2.45, 2.75) is 77.8 Å². The van der Waals surface area contributed by atoms with Gasteiger partial charge in [-0.3, -0.25) is 9.69 Å². The minimum Gasteiger partial charge on any atom is -0.486 e. The number of hydrogen-bond donors (Lipinski definition) is 0. The first-order valence-electron chi connectivity index (χ1n) is 13.9. The summed E-state index contributed by atoms with van der Waals surface area (Å²) in [6.07, 6.45) is 0.495. The normalized spacial score (nSPS) is 18.0. The summed E-state index contributed by atoms with van der Waals surface area (Å²) in [5.41, 5.74) is 0.358. The molecule has 1 aromatic heterocycles. The summed E-state index contributed by atoms with van der Waals surface area (Å²) < 4.78 is 42.9. The van der Waals surface area contributed by atoms with Gasteiger partial charge in [0.2, 0.25) is 5.91 Å². The number of aryl methyl sites for hydroxylation is 1. The number of aromatic nitrogens is 3. The smallest absolute Gasteiger partial charge is 0.411 e. The van der Waals surface area contributed by atoms with Crippen molar-refractivity contribution in [3.05, 3.63) is 76.9 Å². The first-order chi connectivity index (χ1) is 19.5. The quantitative estimate of drug-likeness (QED) is 0.387. The molecule has 5 rings (SSSR count). The summed E-state index contributed by atoms with van der Waals surface area (Å²) in [6, 6.07) is 10.8. The summed E-state index contributed by atoms with van der Waals surface area (Å²) in [7, 11) is 0. The Labute approximate surface area is 238 Å². The molecule has 0 bridgehead atoms. The minimum atomic E-state index is -0.814. The molecule has 3 aromatic rings. The van der Waals surface area contributed by atoms with Crippen molar-refractivity contribution >= 4 is 12.0 Å². The first-order valence-corrected chi connectivity index (χ1v) is 13.9. The summed E-state index contributed by atoms with van der Waals surface area (Å²) in [6.45, 7) is 8.42. The van der Waals surface area contributed by atoms with E-state index in [0.29, 0.717) is 30.9 Å². The fourth-order valence-electron chi connectivity index (χ4n) is 5.17. The molecule has 11 heteroatoms. The van der Waals surface area contributed by atoms with Gasteiger partial charge in [0, 0.05) is 43.1 Å². The Kier molecular flexibility index (Phi) is 7.97. The van der Waals surface area contributed by atoms with Crippen LogP contribution in [0.1, 0.15) is 62.8 Å². The Morgan fingerprint density at radius 3 is 2.56 bits per heavy atom. The van der Waals surface area contributed by atoms with E-state index in [4.69, 9.17) is 9.47 Å². The van der Waals surface area contributed by atoms with Gasteiger partial charge < -0.3 is 18.9 Å². The molecule has 0 spiro atoms. The molecule has 2 aliphatic rings. The van der Waals surface area contributed by atoms with E-state index in [2.05, 4.69) is 10.2 Å². The monoisotopic (exact) mass is 567 g/mol. The number of rotatable bonds is 8. The number of amides is 2. The highest BCUT2D eigenvalue weighted by atomic mass is 19.1. The number of nitrogens with zero attached hydrogens (tertiary/aromatic N) is 5. The lowest BCUT2D eigenvalue weighted by Gasteiger charge is -2.32. The Morgan fingerprint density at radius 2 is 1.85 bits per heavy atom. The Morgan fingerprint density at radius 1 is 1.10 bits per heavy atom. The fraction of sp³-hybridized carbons (Fsp3) is 0.467. The van der Waals surface area contributed by atoms with Crippen LogP contribution in [0.15, 0.2) is 42.5 Å². The van der Waals surface area contributed by atoms with Gasteiger partial charge in [-0.05, 0) is 38.8 Å². The molecule has 2 aromatic carbocycles. The molecule has 2 atom stereocenters. The fourth-order valence-corrected chi connectivity index (χ4v) is 5.17. The zero-order valence-electron chi connectivity index (χ0n) is 23.8. The van der Waals surface area contributed by atoms with Crippen LogP contribution in [-0.2, 0) is 35.6 Å². The molecule has 1 fully saturated rings. The maximum absolute atomic E-state index is 15.0. The second-order valence-corrected chi connectivity index (χ2v) is 11.5. The molecule has 41 heavy (non-hydrogen) atoms. The van der Waals surface area contributed by atoms with Crippen LogP contribution in [0.2, 0.25) is 0 Å². The Balaban J connectivity index is 1.35. The molecule has 0 saturated heterocycles. The van der Waals surface area contributed by atoms with Crippen molar-refractivity contribution in [1.29, 1.82) is 0 Å². The molecule has 1 aliphatic carbocycles. The summed E-state index contributed by atoms with van der Waals surface area (Å²) in [5, 5.41) is 8.41. The first kappa shape index (κ1) is 28.5. The zero-order valence-corrected chi connectivity index (χ0v) is 23.8. The molecule has 0 radical (unpaired) electrons. The molecule has 2 unspecified atom stereocenters. The predicted molar refractivity (Wildman–Crippen MR) is 146 cm³/mol. The topological polar surface area (TPSA) is 89.8 Å². The third-order valence-corrected chi connectivity index (χ3v) is 7.25. The van der Waals surface area contributed by atoms with E-state index in [0.717, 1.165) is 23.9 Å². The van der Waals surface area contributed by atoms with E-state index >= 15 is 0 Å². The van der Waals surface area contributed by atoms with Crippen LogP contribution in [-0.4, -0.2) is 61.3 Å². The van der Waals surface area contributed by atoms with E-state index in [-0.39, 0.29) is 31.4 Å². The van der Waals surface area contributed by atoms with Crippen LogP contribution < -0.4 is 4.74 Å². The van der Waals surface area contributed by atoms with Gasteiger partial charge in [0.15, 0.2) is 17.4 Å². The molecule has 2 heterocycles. The third-order valence-electron chi connectivity index (χ3n) is 7.25. The number of carbonyl (C=O) groups is 2. The number of benzene rings is 2. The van der Waals surface area contributed by atoms with Crippen molar-refractivity contribution in [3.63, 3.8) is 0 Å². The van der Waals surface area contributed by atoms with Crippen LogP contribution >= 0.6 is 0 Å². The molecular formula is C30H35F2N5O4. The highest BCUT2D eigenvalue weighted by molar-refractivity contribution is 5.83. The predicted octanol–water partition coefficient (Wildman–Crippen LogP) is 4.83. The standard InChI is InChI=1S/C30H35F2N5O4/c1-5-25-33-34-26-16-35(11-12-36(25)26)27(38)17-37(29(39)41-30(2,3)4)24-15-21(24)22-13-20(31)14-23(32)28(22)40-18-19-9-7-6-8-10-19/h6-10,13-14,21,24H,5,11-12,15-18H2,1-4H3. The number of halogens is 2. The maximum Gasteiger partial charge on any atom is 0.411 e. The van der Waals surface area contributed by atoms with Crippen molar-refractivity contribution in [1.82, 2.24) is 24.6 Å². The van der Waals surface area contributed by atoms with Crippen LogP contribution in [0.3, 0.4) is 0 Å². The SMILES string of the molecule is CCc1nnc2n1CCN(C(=O)CN(C(=O)OC(C)(C)C)C1CC1c1cc(F)cc(F)c1OCc1ccccc1)C2. The zero-order chi connectivity index (χ0) is 29.3. The average molecular weight is 568 g/mol. The lowest BCUT2D eigenvalue weighted by atomic mass is 10.1. The van der Waals surface area contributed by atoms with E-state index in [1.54, 1.807) is 25.7 Å². The molecule has 1 saturated carbocycles. The van der Waals surface area contributed by atoms with Crippen molar-refractivity contribution in [2.75, 3.05) is 13.1 Å². The van der Waals surface area contributed by atoms with Crippen LogP contribution in [0.25, 0.3) is 0 Å². The van der Waals surface area contributed by atoms with Gasteiger partial charge >= 0.3 is 6.09 Å². The van der Waals surface area contributed by atoms with Crippen molar-refractivity contribution in [3.8, 4) is 5.75 Å². The van der Waals surface area contributed by atoms with Gasteiger partial charge in [0.05, 0.1) is 6.54 Å². The van der Waals surface area contributed by atoms with E-state index in [1.165, 1.54) is 11.0 Å². The van der Waals surface area contributed by atoms with Crippen molar-refractivity contribution < 1.29 is 27.8 Å². The van der Waals surface area contributed by atoms with E-state index < -0.39 is 35.3 Å². The van der Waals surface area contributed by atoms with Gasteiger partial charge in [-0.1, -0.05) is 37.3 Å². The van der Waals surface area contributed by atoms with Crippen LogP contribution in [0.4, 0.5) is 13.6 Å². The molecule has 218 valence electrons. The number of carbonyl (C=O) groups excluding carboxylic acids is 2. The summed E-state index contributed by atoms with van der Waals surface area (Å²) >= 11 is 0. The van der Waals surface area contributed by atoms with Gasteiger partial charge in [-0.25, -0.2) is 13.6 Å². The maximum atomic E-state index is 15.0. The summed E-state index contributed by atoms with van der Waals surface area (Å²) in [5.74, 6) is -0.729. The summed E-state index contributed by atoms with van der Waals surface area (Å²) in [4.78, 5) is 29.8. The molecule has 0 N–H and O–H groups in total. The van der Waals surface area contributed by atoms with E-state index in [1.807, 2.05) is 41.8 Å².